The number of hydrogen-bond donors (Lipinski definition) is 0. The molecule has 0 aromatic carbocycles. The van der Waals surface area contributed by atoms with Crippen LogP contribution >= 0.6 is 7.82 Å². The molecule has 0 saturated heterocycles. The van der Waals surface area contributed by atoms with Gasteiger partial charge in [0.15, 0.2) is 0 Å². The van der Waals surface area contributed by atoms with E-state index in [0.717, 1.165) is 0 Å². The van der Waals surface area contributed by atoms with E-state index in [9.17, 15) is 9.46 Å². The Morgan fingerprint density at radius 1 is 1.12 bits per heavy atom. The van der Waals surface area contributed by atoms with Crippen LogP contribution in [0.2, 0.25) is 0 Å². The summed E-state index contributed by atoms with van der Waals surface area (Å²) in [5.74, 6) is 0. The first kappa shape index (κ1) is 17.0. The van der Waals surface area contributed by atoms with Crippen molar-refractivity contribution in [1.82, 2.24) is 0 Å². The number of phosphoric ester groups is 1. The minimum absolute atomic E-state index is 0.102. The van der Waals surface area contributed by atoms with Gasteiger partial charge in [-0.05, 0) is 13.3 Å². The van der Waals surface area contributed by atoms with Crippen LogP contribution in [0, 0.1) is 0 Å². The Bertz CT molecular complexity index is 241. The molecule has 0 saturated carbocycles. The SMILES string of the molecule is CCOCCCOP(=O)([O-])OCC[N+](C)(C)C. The fourth-order valence-electron chi connectivity index (χ4n) is 0.945. The summed E-state index contributed by atoms with van der Waals surface area (Å²) in [6, 6.07) is 0. The third kappa shape index (κ3) is 12.3. The molecular formula is C10H24NO5P. The van der Waals surface area contributed by atoms with E-state index < -0.39 is 7.82 Å². The summed E-state index contributed by atoms with van der Waals surface area (Å²) in [7, 11) is 1.74. The van der Waals surface area contributed by atoms with Gasteiger partial charge in [0.25, 0.3) is 7.82 Å². The highest BCUT2D eigenvalue weighted by atomic mass is 31.2. The molecule has 0 aromatic rings. The molecule has 0 N–H and O–H groups in total. The predicted molar refractivity (Wildman–Crippen MR) is 63.5 cm³/mol. The third-order valence-corrected chi connectivity index (χ3v) is 2.90. The quantitative estimate of drug-likeness (QED) is 0.330. The lowest BCUT2D eigenvalue weighted by molar-refractivity contribution is -0.870. The van der Waals surface area contributed by atoms with Crippen molar-refractivity contribution in [3.63, 3.8) is 0 Å². The third-order valence-electron chi connectivity index (χ3n) is 1.90. The molecule has 17 heavy (non-hydrogen) atoms. The highest BCUT2D eigenvalue weighted by Gasteiger charge is 2.12. The van der Waals surface area contributed by atoms with Crippen LogP contribution in [0.25, 0.3) is 0 Å². The Kier molecular flexibility index (Phi) is 8.20. The molecule has 104 valence electrons. The Balaban J connectivity index is 3.62. The van der Waals surface area contributed by atoms with Crippen molar-refractivity contribution in [1.29, 1.82) is 0 Å². The Hall–Kier alpha value is 0.0300. The van der Waals surface area contributed by atoms with Crippen molar-refractivity contribution in [2.75, 3.05) is 54.1 Å². The minimum atomic E-state index is -4.14. The van der Waals surface area contributed by atoms with Crippen LogP contribution in [-0.2, 0) is 18.3 Å². The fourth-order valence-corrected chi connectivity index (χ4v) is 1.68. The van der Waals surface area contributed by atoms with Gasteiger partial charge in [0.05, 0.1) is 27.7 Å². The molecule has 6 nitrogen and oxygen atoms in total. The van der Waals surface area contributed by atoms with Gasteiger partial charge in [-0.15, -0.1) is 0 Å². The maximum Gasteiger partial charge on any atom is 0.268 e. The van der Waals surface area contributed by atoms with Crippen LogP contribution in [0.5, 0.6) is 0 Å². The lowest BCUT2D eigenvalue weighted by Gasteiger charge is -2.27. The summed E-state index contributed by atoms with van der Waals surface area (Å²) in [6.45, 7) is 3.84. The molecule has 0 spiro atoms. The summed E-state index contributed by atoms with van der Waals surface area (Å²) >= 11 is 0. The summed E-state index contributed by atoms with van der Waals surface area (Å²) in [5, 5.41) is 0. The standard InChI is InChI=1S/C10H24NO5P/c1-5-14-8-6-9-15-17(12,13)16-10-7-11(2,3)4/h5-10H2,1-4H3. The molecule has 0 radical (unpaired) electrons. The number of quaternary nitrogens is 1. The fraction of sp³-hybridized carbons (Fsp3) is 1.00. The van der Waals surface area contributed by atoms with E-state index in [0.29, 0.717) is 30.7 Å². The van der Waals surface area contributed by atoms with E-state index >= 15 is 0 Å². The molecule has 0 amide bonds. The normalized spacial score (nSPS) is 15.8. The van der Waals surface area contributed by atoms with E-state index in [2.05, 4.69) is 4.52 Å². The highest BCUT2D eigenvalue weighted by Crippen LogP contribution is 2.38. The van der Waals surface area contributed by atoms with Crippen LogP contribution < -0.4 is 4.89 Å². The first-order chi connectivity index (χ1) is 7.77. The molecule has 0 aliphatic heterocycles. The maximum atomic E-state index is 11.3. The molecule has 0 aliphatic rings. The minimum Gasteiger partial charge on any atom is -0.756 e. The van der Waals surface area contributed by atoms with Gasteiger partial charge in [-0.3, -0.25) is 4.57 Å². The largest absolute Gasteiger partial charge is 0.756 e. The highest BCUT2D eigenvalue weighted by molar-refractivity contribution is 7.45. The smallest absolute Gasteiger partial charge is 0.268 e. The Morgan fingerprint density at radius 3 is 2.24 bits per heavy atom. The number of phosphoric acid groups is 1. The summed E-state index contributed by atoms with van der Waals surface area (Å²) in [4.78, 5) is 11.3. The van der Waals surface area contributed by atoms with E-state index in [1.54, 1.807) is 0 Å². The van der Waals surface area contributed by atoms with Crippen LogP contribution in [0.15, 0.2) is 0 Å². The van der Waals surface area contributed by atoms with Gasteiger partial charge in [-0.2, -0.15) is 0 Å². The van der Waals surface area contributed by atoms with Gasteiger partial charge in [0.2, 0.25) is 0 Å². The van der Waals surface area contributed by atoms with Crippen LogP contribution in [-0.4, -0.2) is 58.6 Å². The zero-order chi connectivity index (χ0) is 13.4. The molecular weight excluding hydrogens is 245 g/mol. The van der Waals surface area contributed by atoms with Crippen molar-refractivity contribution in [2.45, 2.75) is 13.3 Å². The Labute approximate surface area is 104 Å². The lowest BCUT2D eigenvalue weighted by Crippen LogP contribution is -2.37. The Morgan fingerprint density at radius 2 is 1.71 bits per heavy atom. The molecule has 0 heterocycles. The van der Waals surface area contributed by atoms with Gasteiger partial charge in [0, 0.05) is 13.2 Å². The zero-order valence-electron chi connectivity index (χ0n) is 11.2. The summed E-state index contributed by atoms with van der Waals surface area (Å²) < 4.78 is 26.4. The van der Waals surface area contributed by atoms with Gasteiger partial charge >= 0.3 is 0 Å². The number of nitrogens with zero attached hydrogens (tertiary/aromatic N) is 1. The molecule has 0 aliphatic carbocycles. The van der Waals surface area contributed by atoms with E-state index in [1.807, 2.05) is 28.1 Å². The van der Waals surface area contributed by atoms with Crippen molar-refractivity contribution in [3.8, 4) is 0 Å². The number of rotatable bonds is 10. The van der Waals surface area contributed by atoms with Crippen LogP contribution in [0.1, 0.15) is 13.3 Å². The lowest BCUT2D eigenvalue weighted by atomic mass is 10.5. The van der Waals surface area contributed by atoms with Crippen molar-refractivity contribution in [2.24, 2.45) is 0 Å². The molecule has 1 unspecified atom stereocenters. The van der Waals surface area contributed by atoms with Crippen molar-refractivity contribution < 1.29 is 27.7 Å². The number of ether oxygens (including phenoxy) is 1. The second-order valence-electron chi connectivity index (χ2n) is 4.68. The molecule has 1 atom stereocenters. The van der Waals surface area contributed by atoms with Crippen LogP contribution in [0.4, 0.5) is 0 Å². The zero-order valence-corrected chi connectivity index (χ0v) is 12.1. The molecule has 0 aromatic heterocycles. The first-order valence-corrected chi connectivity index (χ1v) is 7.21. The first-order valence-electron chi connectivity index (χ1n) is 5.75. The average Bonchev–Trinajstić information content (AvgIpc) is 2.14. The molecule has 7 heteroatoms. The van der Waals surface area contributed by atoms with Crippen molar-refractivity contribution in [3.05, 3.63) is 0 Å². The van der Waals surface area contributed by atoms with E-state index in [-0.39, 0.29) is 13.2 Å². The van der Waals surface area contributed by atoms with E-state index in [4.69, 9.17) is 9.26 Å². The monoisotopic (exact) mass is 269 g/mol. The molecule has 0 fully saturated rings. The van der Waals surface area contributed by atoms with Crippen LogP contribution in [0.3, 0.4) is 0 Å². The molecule has 0 bridgehead atoms. The van der Waals surface area contributed by atoms with Gasteiger partial charge in [-0.1, -0.05) is 0 Å². The topological polar surface area (TPSA) is 67.8 Å². The van der Waals surface area contributed by atoms with Gasteiger partial charge in [0.1, 0.15) is 13.2 Å². The average molecular weight is 269 g/mol. The number of hydrogen-bond acceptors (Lipinski definition) is 5. The molecule has 0 rings (SSSR count). The summed E-state index contributed by atoms with van der Waals surface area (Å²) in [6.07, 6.45) is 0.540. The predicted octanol–water partition coefficient (Wildman–Crippen LogP) is 0.621. The van der Waals surface area contributed by atoms with Gasteiger partial charge < -0.3 is 23.2 Å². The van der Waals surface area contributed by atoms with Gasteiger partial charge in [-0.25, -0.2) is 0 Å². The van der Waals surface area contributed by atoms with E-state index in [1.165, 1.54) is 0 Å². The summed E-state index contributed by atoms with van der Waals surface area (Å²) in [5.41, 5.74) is 0. The van der Waals surface area contributed by atoms with Crippen molar-refractivity contribution >= 4 is 7.82 Å². The second-order valence-corrected chi connectivity index (χ2v) is 6.09. The number of likely N-dealkylation sites (N-methyl/N-ethyl adjacent to an activating group) is 1. The second kappa shape index (κ2) is 8.19. The maximum absolute atomic E-state index is 11.3.